The lowest BCUT2D eigenvalue weighted by molar-refractivity contribution is 0.257. The van der Waals surface area contributed by atoms with Crippen molar-refractivity contribution in [1.82, 2.24) is 0 Å². The normalized spacial score (nSPS) is 14.1. The van der Waals surface area contributed by atoms with Gasteiger partial charge in [0, 0.05) is 5.41 Å². The minimum atomic E-state index is -0.142. The maximum absolute atomic E-state index is 4.17. The zero-order valence-corrected chi connectivity index (χ0v) is 9.52. The molecular formula is C12H21N. The second-order valence-electron chi connectivity index (χ2n) is 4.43. The lowest BCUT2D eigenvalue weighted by atomic mass is 9.70. The lowest BCUT2D eigenvalue weighted by Gasteiger charge is -2.39. The van der Waals surface area contributed by atoms with Gasteiger partial charge in [0.1, 0.15) is 0 Å². The molecule has 0 aliphatic heterocycles. The summed E-state index contributed by atoms with van der Waals surface area (Å²) in [6, 6.07) is 0. The first-order valence-electron chi connectivity index (χ1n) is 4.57. The number of aliphatic imine (C=N–C) groups is 1. The van der Waals surface area contributed by atoms with Crippen molar-refractivity contribution in [2.75, 3.05) is 0 Å². The average Bonchev–Trinajstić information content (AvgIpc) is 2.04. The van der Waals surface area contributed by atoms with E-state index in [2.05, 4.69) is 52.9 Å². The third-order valence-electron chi connectivity index (χ3n) is 3.28. The molecule has 0 aromatic heterocycles. The monoisotopic (exact) mass is 179 g/mol. The molecule has 0 heterocycles. The van der Waals surface area contributed by atoms with Gasteiger partial charge in [-0.1, -0.05) is 38.2 Å². The van der Waals surface area contributed by atoms with E-state index in [1.807, 2.05) is 12.2 Å². The first-order valence-corrected chi connectivity index (χ1v) is 4.57. The Morgan fingerprint density at radius 2 is 1.69 bits per heavy atom. The molecule has 0 spiro atoms. The van der Waals surface area contributed by atoms with Gasteiger partial charge in [0.15, 0.2) is 0 Å². The summed E-state index contributed by atoms with van der Waals surface area (Å²) in [6.45, 7) is 18.0. The fourth-order valence-corrected chi connectivity index (χ4v) is 1.07. The minimum absolute atomic E-state index is 0.0168. The summed E-state index contributed by atoms with van der Waals surface area (Å²) in [5.74, 6) is 0. The van der Waals surface area contributed by atoms with Crippen LogP contribution in [0, 0.1) is 5.41 Å². The summed E-state index contributed by atoms with van der Waals surface area (Å²) in [4.78, 5) is 4.17. The molecule has 0 aliphatic rings. The van der Waals surface area contributed by atoms with Crippen molar-refractivity contribution in [3.05, 3.63) is 24.3 Å². The van der Waals surface area contributed by atoms with Crippen LogP contribution in [0.1, 0.15) is 34.6 Å². The fraction of sp³-hybridized carbons (Fsp3) is 0.583. The standard InChI is InChI=1S/C12H21N/c1-8-9-10(2)11(3,4)12(5,6)13-7/h8-9H,1,7H2,2-6H3/b10-9+. The molecule has 0 N–H and O–H groups in total. The van der Waals surface area contributed by atoms with Crippen LogP contribution < -0.4 is 0 Å². The molecule has 0 rings (SSSR count). The molecule has 1 heteroatoms. The van der Waals surface area contributed by atoms with Crippen LogP contribution in [0.2, 0.25) is 0 Å². The quantitative estimate of drug-likeness (QED) is 0.461. The van der Waals surface area contributed by atoms with E-state index in [1.54, 1.807) is 0 Å². The summed E-state index contributed by atoms with van der Waals surface area (Å²) in [5.41, 5.74) is 1.15. The molecule has 0 saturated heterocycles. The Labute approximate surface area is 82.3 Å². The first-order chi connectivity index (χ1) is 5.79. The Balaban J connectivity index is 5.06. The van der Waals surface area contributed by atoms with Crippen LogP contribution in [0.15, 0.2) is 29.3 Å². The fourth-order valence-electron chi connectivity index (χ4n) is 1.07. The maximum atomic E-state index is 4.17. The molecule has 0 radical (unpaired) electrons. The highest BCUT2D eigenvalue weighted by molar-refractivity contribution is 5.29. The summed E-state index contributed by atoms with van der Waals surface area (Å²) in [7, 11) is 0. The third-order valence-corrected chi connectivity index (χ3v) is 3.28. The predicted octanol–water partition coefficient (Wildman–Crippen LogP) is 3.62. The average molecular weight is 179 g/mol. The molecule has 0 saturated carbocycles. The molecule has 0 fully saturated rings. The number of allylic oxidation sites excluding steroid dienone is 2. The zero-order valence-electron chi connectivity index (χ0n) is 9.52. The van der Waals surface area contributed by atoms with Crippen LogP contribution in [0.3, 0.4) is 0 Å². The van der Waals surface area contributed by atoms with Crippen molar-refractivity contribution in [1.29, 1.82) is 0 Å². The molecule has 0 aromatic carbocycles. The van der Waals surface area contributed by atoms with Gasteiger partial charge in [0.05, 0.1) is 5.54 Å². The van der Waals surface area contributed by atoms with Crippen LogP contribution in [-0.2, 0) is 0 Å². The van der Waals surface area contributed by atoms with E-state index in [0.29, 0.717) is 0 Å². The van der Waals surface area contributed by atoms with Gasteiger partial charge in [-0.2, -0.15) is 0 Å². The van der Waals surface area contributed by atoms with E-state index < -0.39 is 0 Å². The summed E-state index contributed by atoms with van der Waals surface area (Å²) in [6.07, 6.45) is 3.85. The van der Waals surface area contributed by atoms with Crippen LogP contribution >= 0.6 is 0 Å². The van der Waals surface area contributed by atoms with Gasteiger partial charge in [-0.3, -0.25) is 4.99 Å². The van der Waals surface area contributed by atoms with Crippen molar-refractivity contribution in [3.8, 4) is 0 Å². The van der Waals surface area contributed by atoms with Crippen molar-refractivity contribution >= 4 is 6.72 Å². The first kappa shape index (κ1) is 12.2. The largest absolute Gasteiger partial charge is 0.294 e. The Bertz CT molecular complexity index is 232. The predicted molar refractivity (Wildman–Crippen MR) is 61.4 cm³/mol. The minimum Gasteiger partial charge on any atom is -0.294 e. The Morgan fingerprint density at radius 1 is 1.23 bits per heavy atom. The molecule has 0 aliphatic carbocycles. The van der Waals surface area contributed by atoms with Crippen molar-refractivity contribution in [3.63, 3.8) is 0 Å². The molecule has 0 aromatic rings. The Kier molecular flexibility index (Phi) is 3.65. The van der Waals surface area contributed by atoms with Crippen molar-refractivity contribution < 1.29 is 0 Å². The van der Waals surface area contributed by atoms with E-state index in [-0.39, 0.29) is 11.0 Å². The number of hydrogen-bond acceptors (Lipinski definition) is 1. The van der Waals surface area contributed by atoms with Gasteiger partial charge >= 0.3 is 0 Å². The smallest absolute Gasteiger partial charge is 0.0632 e. The van der Waals surface area contributed by atoms with Crippen molar-refractivity contribution in [2.45, 2.75) is 40.2 Å². The van der Waals surface area contributed by atoms with E-state index in [4.69, 9.17) is 0 Å². The molecule has 0 bridgehead atoms. The highest BCUT2D eigenvalue weighted by Crippen LogP contribution is 2.39. The topological polar surface area (TPSA) is 12.4 Å². The van der Waals surface area contributed by atoms with Crippen LogP contribution in [0.5, 0.6) is 0 Å². The van der Waals surface area contributed by atoms with Crippen molar-refractivity contribution in [2.24, 2.45) is 10.4 Å². The van der Waals surface area contributed by atoms with Gasteiger partial charge in [-0.25, -0.2) is 0 Å². The molecule has 0 atom stereocenters. The highest BCUT2D eigenvalue weighted by Gasteiger charge is 2.36. The van der Waals surface area contributed by atoms with E-state index in [0.717, 1.165) is 0 Å². The number of hydrogen-bond donors (Lipinski definition) is 0. The zero-order chi connectivity index (χ0) is 10.7. The van der Waals surface area contributed by atoms with Crippen LogP contribution in [-0.4, -0.2) is 12.3 Å². The third kappa shape index (κ3) is 2.30. The Morgan fingerprint density at radius 3 is 2.00 bits per heavy atom. The van der Waals surface area contributed by atoms with E-state index in [9.17, 15) is 0 Å². The van der Waals surface area contributed by atoms with Gasteiger partial charge in [0.25, 0.3) is 0 Å². The summed E-state index contributed by atoms with van der Waals surface area (Å²) >= 11 is 0. The molecule has 13 heavy (non-hydrogen) atoms. The molecule has 0 unspecified atom stereocenters. The van der Waals surface area contributed by atoms with E-state index in [1.165, 1.54) is 5.57 Å². The number of nitrogens with zero attached hydrogens (tertiary/aromatic N) is 1. The maximum Gasteiger partial charge on any atom is 0.0632 e. The van der Waals surface area contributed by atoms with Gasteiger partial charge in [-0.05, 0) is 27.5 Å². The highest BCUT2D eigenvalue weighted by atomic mass is 14.8. The van der Waals surface area contributed by atoms with Gasteiger partial charge in [0.2, 0.25) is 0 Å². The lowest BCUT2D eigenvalue weighted by Crippen LogP contribution is -2.38. The summed E-state index contributed by atoms with van der Waals surface area (Å²) in [5, 5.41) is 0. The SMILES string of the molecule is C=C/C=C(\C)C(C)(C)C(C)(C)N=C. The molecule has 1 nitrogen and oxygen atoms in total. The number of rotatable bonds is 4. The summed E-state index contributed by atoms with van der Waals surface area (Å²) < 4.78 is 0. The van der Waals surface area contributed by atoms with Crippen LogP contribution in [0.4, 0.5) is 0 Å². The van der Waals surface area contributed by atoms with Gasteiger partial charge in [-0.15, -0.1) is 0 Å². The second kappa shape index (κ2) is 3.91. The Hall–Kier alpha value is -0.850. The molecule has 74 valence electrons. The molecule has 0 amide bonds. The van der Waals surface area contributed by atoms with Crippen LogP contribution in [0.25, 0.3) is 0 Å². The van der Waals surface area contributed by atoms with E-state index >= 15 is 0 Å². The second-order valence-corrected chi connectivity index (χ2v) is 4.43. The molecular weight excluding hydrogens is 158 g/mol. The van der Waals surface area contributed by atoms with Gasteiger partial charge < -0.3 is 0 Å².